The van der Waals surface area contributed by atoms with Crippen molar-refractivity contribution in [3.63, 3.8) is 0 Å². The maximum atomic E-state index is 12.1. The second-order valence-electron chi connectivity index (χ2n) is 7.14. The summed E-state index contributed by atoms with van der Waals surface area (Å²) in [6.45, 7) is 9.75. The summed E-state index contributed by atoms with van der Waals surface area (Å²) >= 11 is 0. The fraction of sp³-hybridized carbons (Fsp3) is 0.929. The number of hydrogen-bond acceptors (Lipinski definition) is 3. The molecule has 2 fully saturated rings. The van der Waals surface area contributed by atoms with Gasteiger partial charge in [-0.2, -0.15) is 0 Å². The van der Waals surface area contributed by atoms with Gasteiger partial charge in [0.25, 0.3) is 0 Å². The molecule has 0 aromatic carbocycles. The van der Waals surface area contributed by atoms with Crippen LogP contribution in [0.1, 0.15) is 40.5 Å². The zero-order valence-corrected chi connectivity index (χ0v) is 12.2. The van der Waals surface area contributed by atoms with Gasteiger partial charge in [0.1, 0.15) is 5.60 Å². The maximum absolute atomic E-state index is 12.1. The molecule has 0 spiro atoms. The molecule has 18 heavy (non-hydrogen) atoms. The van der Waals surface area contributed by atoms with Crippen molar-refractivity contribution in [1.82, 2.24) is 10.2 Å². The number of likely N-dealkylation sites (tertiary alicyclic amines) is 1. The average Bonchev–Trinajstić information content (AvgIpc) is 2.66. The Morgan fingerprint density at radius 2 is 2.11 bits per heavy atom. The monoisotopic (exact) mass is 254 g/mol. The topological polar surface area (TPSA) is 41.6 Å². The second kappa shape index (κ2) is 4.41. The highest BCUT2D eigenvalue weighted by molar-refractivity contribution is 5.68. The predicted octanol–water partition coefficient (Wildman–Crippen LogP) is 2.24. The molecule has 0 aromatic rings. The average molecular weight is 254 g/mol. The molecule has 2 rings (SSSR count). The van der Waals surface area contributed by atoms with Crippen LogP contribution in [-0.4, -0.2) is 42.8 Å². The molecule has 1 saturated carbocycles. The molecule has 1 aliphatic carbocycles. The zero-order chi connectivity index (χ0) is 13.6. The van der Waals surface area contributed by atoms with Crippen LogP contribution in [0.2, 0.25) is 0 Å². The zero-order valence-electron chi connectivity index (χ0n) is 12.2. The first-order valence-electron chi connectivity index (χ1n) is 6.89. The number of amides is 1. The molecule has 2 aliphatic rings. The van der Waals surface area contributed by atoms with E-state index in [1.165, 1.54) is 6.42 Å². The van der Waals surface area contributed by atoms with E-state index in [4.69, 9.17) is 4.74 Å². The van der Waals surface area contributed by atoms with Crippen LogP contribution >= 0.6 is 0 Å². The number of hydrogen-bond donors (Lipinski definition) is 1. The molecule has 4 heteroatoms. The molecule has 104 valence electrons. The number of nitrogens with one attached hydrogen (secondary N) is 1. The van der Waals surface area contributed by atoms with Crippen LogP contribution in [0.25, 0.3) is 0 Å². The van der Waals surface area contributed by atoms with E-state index in [0.717, 1.165) is 19.5 Å². The Balaban J connectivity index is 1.96. The fourth-order valence-corrected chi connectivity index (χ4v) is 3.38. The summed E-state index contributed by atoms with van der Waals surface area (Å²) in [6, 6.07) is 0.612. The van der Waals surface area contributed by atoms with Crippen LogP contribution in [-0.2, 0) is 4.74 Å². The van der Waals surface area contributed by atoms with Crippen molar-refractivity contribution >= 4 is 6.09 Å². The lowest BCUT2D eigenvalue weighted by Crippen LogP contribution is -2.37. The standard InChI is InChI=1S/C14H26N2O2/c1-13(2,3)18-12(17)16-8-10-6-11(15-5)7-14(10,4)9-16/h10-11,15H,6-9H2,1-5H3. The molecule has 0 aromatic heterocycles. The first kappa shape index (κ1) is 13.7. The van der Waals surface area contributed by atoms with Crippen LogP contribution in [0.3, 0.4) is 0 Å². The van der Waals surface area contributed by atoms with E-state index in [1.54, 1.807) is 0 Å². The molecular weight excluding hydrogens is 228 g/mol. The van der Waals surface area contributed by atoms with Gasteiger partial charge in [0.2, 0.25) is 0 Å². The van der Waals surface area contributed by atoms with Crippen molar-refractivity contribution in [3.8, 4) is 0 Å². The van der Waals surface area contributed by atoms with E-state index < -0.39 is 5.60 Å². The van der Waals surface area contributed by atoms with Gasteiger partial charge >= 0.3 is 6.09 Å². The number of carbonyl (C=O) groups is 1. The highest BCUT2D eigenvalue weighted by Crippen LogP contribution is 2.48. The Morgan fingerprint density at radius 3 is 2.61 bits per heavy atom. The molecule has 1 saturated heterocycles. The Labute approximate surface area is 110 Å². The Kier molecular flexibility index (Phi) is 3.34. The lowest BCUT2D eigenvalue weighted by atomic mass is 9.83. The Bertz CT molecular complexity index is 337. The summed E-state index contributed by atoms with van der Waals surface area (Å²) in [4.78, 5) is 14.0. The normalized spacial score (nSPS) is 35.7. The van der Waals surface area contributed by atoms with Crippen molar-refractivity contribution in [2.75, 3.05) is 20.1 Å². The van der Waals surface area contributed by atoms with Gasteiger partial charge in [0.05, 0.1) is 0 Å². The minimum Gasteiger partial charge on any atom is -0.444 e. The molecule has 1 N–H and O–H groups in total. The van der Waals surface area contributed by atoms with Gasteiger partial charge in [-0.25, -0.2) is 4.79 Å². The molecule has 1 heterocycles. The Morgan fingerprint density at radius 1 is 1.44 bits per heavy atom. The third-order valence-corrected chi connectivity index (χ3v) is 4.32. The van der Waals surface area contributed by atoms with Crippen LogP contribution in [0.5, 0.6) is 0 Å². The molecule has 0 radical (unpaired) electrons. The number of rotatable bonds is 1. The van der Waals surface area contributed by atoms with E-state index in [1.807, 2.05) is 32.7 Å². The smallest absolute Gasteiger partial charge is 0.410 e. The fourth-order valence-electron chi connectivity index (χ4n) is 3.38. The van der Waals surface area contributed by atoms with E-state index >= 15 is 0 Å². The third kappa shape index (κ3) is 2.63. The van der Waals surface area contributed by atoms with Crippen molar-refractivity contribution in [1.29, 1.82) is 0 Å². The highest BCUT2D eigenvalue weighted by atomic mass is 16.6. The Hall–Kier alpha value is -0.770. The van der Waals surface area contributed by atoms with E-state index in [0.29, 0.717) is 12.0 Å². The molecule has 4 nitrogen and oxygen atoms in total. The minimum absolute atomic E-state index is 0.154. The molecular formula is C14H26N2O2. The van der Waals surface area contributed by atoms with Crippen LogP contribution in [0, 0.1) is 11.3 Å². The highest BCUT2D eigenvalue weighted by Gasteiger charge is 2.51. The van der Waals surface area contributed by atoms with Gasteiger partial charge < -0.3 is 15.0 Å². The van der Waals surface area contributed by atoms with Gasteiger partial charge in [-0.15, -0.1) is 0 Å². The number of ether oxygens (including phenoxy) is 1. The minimum atomic E-state index is -0.400. The quantitative estimate of drug-likeness (QED) is 0.780. The largest absolute Gasteiger partial charge is 0.444 e. The van der Waals surface area contributed by atoms with Crippen LogP contribution < -0.4 is 5.32 Å². The summed E-state index contributed by atoms with van der Waals surface area (Å²) < 4.78 is 5.46. The third-order valence-electron chi connectivity index (χ3n) is 4.32. The number of fused-ring (bicyclic) bond motifs is 1. The molecule has 0 bridgehead atoms. The molecule has 3 atom stereocenters. The summed E-state index contributed by atoms with van der Waals surface area (Å²) in [5.41, 5.74) is -0.131. The van der Waals surface area contributed by atoms with Gasteiger partial charge in [-0.05, 0) is 52.0 Å². The van der Waals surface area contributed by atoms with E-state index in [9.17, 15) is 4.79 Å². The molecule has 1 aliphatic heterocycles. The first-order chi connectivity index (χ1) is 8.23. The number of carbonyl (C=O) groups excluding carboxylic acids is 1. The number of nitrogens with zero attached hydrogens (tertiary/aromatic N) is 1. The van der Waals surface area contributed by atoms with Crippen molar-refractivity contribution in [3.05, 3.63) is 0 Å². The second-order valence-corrected chi connectivity index (χ2v) is 7.14. The van der Waals surface area contributed by atoms with Gasteiger partial charge in [-0.1, -0.05) is 6.92 Å². The summed E-state index contributed by atoms with van der Waals surface area (Å²) in [5, 5.41) is 3.37. The summed E-state index contributed by atoms with van der Waals surface area (Å²) in [6.07, 6.45) is 2.18. The van der Waals surface area contributed by atoms with Crippen LogP contribution in [0.4, 0.5) is 4.79 Å². The van der Waals surface area contributed by atoms with Gasteiger partial charge in [0.15, 0.2) is 0 Å². The maximum Gasteiger partial charge on any atom is 0.410 e. The lowest BCUT2D eigenvalue weighted by molar-refractivity contribution is 0.0268. The van der Waals surface area contributed by atoms with Crippen molar-refractivity contribution in [2.24, 2.45) is 11.3 Å². The summed E-state index contributed by atoms with van der Waals surface area (Å²) in [5.74, 6) is 0.613. The van der Waals surface area contributed by atoms with E-state index in [-0.39, 0.29) is 11.5 Å². The van der Waals surface area contributed by atoms with Crippen LogP contribution in [0.15, 0.2) is 0 Å². The summed E-state index contributed by atoms with van der Waals surface area (Å²) in [7, 11) is 2.03. The van der Waals surface area contributed by atoms with Gasteiger partial charge in [-0.3, -0.25) is 0 Å². The SMILES string of the molecule is CNC1CC2CN(C(=O)OC(C)(C)C)CC2(C)C1. The predicted molar refractivity (Wildman–Crippen MR) is 71.5 cm³/mol. The molecule has 3 unspecified atom stereocenters. The van der Waals surface area contributed by atoms with Crippen molar-refractivity contribution in [2.45, 2.75) is 52.2 Å². The first-order valence-corrected chi connectivity index (χ1v) is 6.89. The van der Waals surface area contributed by atoms with E-state index in [2.05, 4.69) is 12.2 Å². The molecule has 1 amide bonds. The van der Waals surface area contributed by atoms with Gasteiger partial charge in [0, 0.05) is 19.1 Å². The lowest BCUT2D eigenvalue weighted by Gasteiger charge is -2.27. The van der Waals surface area contributed by atoms with Crippen molar-refractivity contribution < 1.29 is 9.53 Å².